The van der Waals surface area contributed by atoms with Crippen LogP contribution < -0.4 is 5.32 Å². The normalized spacial score (nSPS) is 27.2. The van der Waals surface area contributed by atoms with Crippen molar-refractivity contribution in [3.05, 3.63) is 18.7 Å². The van der Waals surface area contributed by atoms with Crippen molar-refractivity contribution in [3.8, 4) is 0 Å². The Labute approximate surface area is 107 Å². The maximum absolute atomic E-state index is 12.2. The molecule has 1 amide bonds. The molecule has 0 bridgehead atoms. The topological polar surface area (TPSA) is 50.2 Å². The monoisotopic (exact) mass is 248 g/mol. The van der Waals surface area contributed by atoms with Gasteiger partial charge in [-0.15, -0.1) is 0 Å². The summed E-state index contributed by atoms with van der Waals surface area (Å²) in [5, 5.41) is 3.42. The summed E-state index contributed by atoms with van der Waals surface area (Å²) in [6.07, 6.45) is 8.38. The van der Waals surface area contributed by atoms with E-state index in [2.05, 4.69) is 10.3 Å². The summed E-state index contributed by atoms with van der Waals surface area (Å²) in [5.41, 5.74) is 0.380. The van der Waals surface area contributed by atoms with Crippen LogP contribution in [0.15, 0.2) is 18.7 Å². The number of rotatable bonds is 3. The van der Waals surface area contributed by atoms with Crippen LogP contribution in [0.25, 0.3) is 0 Å². The second-order valence-electron chi connectivity index (χ2n) is 5.54. The molecule has 3 rings (SSSR count). The van der Waals surface area contributed by atoms with Crippen LogP contribution in [0.1, 0.15) is 19.3 Å². The van der Waals surface area contributed by atoms with Gasteiger partial charge in [0.05, 0.1) is 6.33 Å². The van der Waals surface area contributed by atoms with Crippen molar-refractivity contribution in [2.75, 3.05) is 26.2 Å². The van der Waals surface area contributed by atoms with Crippen molar-refractivity contribution in [3.63, 3.8) is 0 Å². The Balaban J connectivity index is 1.51. The molecule has 5 nitrogen and oxygen atoms in total. The Hall–Kier alpha value is -1.36. The van der Waals surface area contributed by atoms with E-state index < -0.39 is 0 Å². The first kappa shape index (κ1) is 11.7. The zero-order chi connectivity index (χ0) is 12.4. The Morgan fingerprint density at radius 2 is 2.39 bits per heavy atom. The van der Waals surface area contributed by atoms with E-state index in [-0.39, 0.29) is 5.91 Å². The molecule has 0 aromatic carbocycles. The maximum Gasteiger partial charge on any atom is 0.224 e. The van der Waals surface area contributed by atoms with E-state index in [1.54, 1.807) is 12.5 Å². The number of likely N-dealkylation sites (tertiary alicyclic amines) is 1. The summed E-state index contributed by atoms with van der Waals surface area (Å²) < 4.78 is 1.96. The van der Waals surface area contributed by atoms with Gasteiger partial charge in [0.15, 0.2) is 0 Å². The number of imidazole rings is 1. The highest BCUT2D eigenvalue weighted by Crippen LogP contribution is 2.36. The minimum Gasteiger partial charge on any atom is -0.342 e. The summed E-state index contributed by atoms with van der Waals surface area (Å²) in [6.45, 7) is 4.81. The van der Waals surface area contributed by atoms with Crippen molar-refractivity contribution < 1.29 is 4.79 Å². The molecular weight excluding hydrogens is 228 g/mol. The second-order valence-corrected chi connectivity index (χ2v) is 5.54. The Morgan fingerprint density at radius 3 is 3.11 bits per heavy atom. The van der Waals surface area contributed by atoms with E-state index in [0.29, 0.717) is 11.8 Å². The molecule has 3 heterocycles. The van der Waals surface area contributed by atoms with Crippen molar-refractivity contribution in [2.45, 2.75) is 25.8 Å². The van der Waals surface area contributed by atoms with Gasteiger partial charge in [-0.3, -0.25) is 4.79 Å². The van der Waals surface area contributed by atoms with Crippen molar-refractivity contribution in [2.24, 2.45) is 5.41 Å². The standard InChI is InChI=1S/C13H20N4O/c18-12(1-6-16-8-5-15-11-16)17-7-3-13(10-17)2-4-14-9-13/h5,8,11,14H,1-4,6-7,9-10H2. The molecule has 1 atom stereocenters. The molecule has 5 heteroatoms. The summed E-state index contributed by atoms with van der Waals surface area (Å²) in [5.74, 6) is 0.285. The number of carbonyl (C=O) groups excluding carboxylic acids is 1. The van der Waals surface area contributed by atoms with E-state index in [4.69, 9.17) is 0 Å². The highest BCUT2D eigenvalue weighted by atomic mass is 16.2. The van der Waals surface area contributed by atoms with Gasteiger partial charge < -0.3 is 14.8 Å². The van der Waals surface area contributed by atoms with Crippen LogP contribution in [-0.4, -0.2) is 46.5 Å². The molecule has 1 spiro atoms. The van der Waals surface area contributed by atoms with E-state index in [1.807, 2.05) is 15.7 Å². The average molecular weight is 248 g/mol. The first-order chi connectivity index (χ1) is 8.77. The molecule has 98 valence electrons. The molecule has 0 saturated carbocycles. The minimum absolute atomic E-state index is 0.285. The maximum atomic E-state index is 12.2. The van der Waals surface area contributed by atoms with E-state index in [9.17, 15) is 4.79 Å². The lowest BCUT2D eigenvalue weighted by Crippen LogP contribution is -2.33. The average Bonchev–Trinajstić information content (AvgIpc) is 3.10. The molecule has 0 aliphatic carbocycles. The van der Waals surface area contributed by atoms with Crippen molar-refractivity contribution in [1.82, 2.24) is 19.8 Å². The molecular formula is C13H20N4O. The third-order valence-corrected chi connectivity index (χ3v) is 4.27. The van der Waals surface area contributed by atoms with Crippen LogP contribution in [0.5, 0.6) is 0 Å². The quantitative estimate of drug-likeness (QED) is 0.846. The molecule has 2 fully saturated rings. The van der Waals surface area contributed by atoms with Crippen molar-refractivity contribution in [1.29, 1.82) is 0 Å². The zero-order valence-corrected chi connectivity index (χ0v) is 10.6. The number of hydrogen-bond donors (Lipinski definition) is 1. The zero-order valence-electron chi connectivity index (χ0n) is 10.6. The van der Waals surface area contributed by atoms with Crippen LogP contribution >= 0.6 is 0 Å². The molecule has 1 aromatic heterocycles. The van der Waals surface area contributed by atoms with Gasteiger partial charge in [-0.1, -0.05) is 0 Å². The Kier molecular flexibility index (Phi) is 3.07. The SMILES string of the molecule is O=C(CCn1ccnc1)N1CCC2(CCNC2)C1. The number of nitrogens with one attached hydrogen (secondary N) is 1. The predicted molar refractivity (Wildman–Crippen MR) is 68.0 cm³/mol. The van der Waals surface area contributed by atoms with E-state index in [1.165, 1.54) is 6.42 Å². The molecule has 2 aliphatic rings. The molecule has 18 heavy (non-hydrogen) atoms. The van der Waals surface area contributed by atoms with Gasteiger partial charge in [0.2, 0.25) is 5.91 Å². The molecule has 0 radical (unpaired) electrons. The molecule has 2 saturated heterocycles. The smallest absolute Gasteiger partial charge is 0.224 e. The van der Waals surface area contributed by atoms with Gasteiger partial charge in [0.1, 0.15) is 0 Å². The fourth-order valence-electron chi connectivity index (χ4n) is 3.09. The number of carbonyl (C=O) groups is 1. The predicted octanol–water partition coefficient (Wildman–Crippen LogP) is 0.485. The van der Waals surface area contributed by atoms with Crippen LogP contribution in [0.4, 0.5) is 0 Å². The van der Waals surface area contributed by atoms with Gasteiger partial charge >= 0.3 is 0 Å². The Bertz CT molecular complexity index is 409. The molecule has 2 aliphatic heterocycles. The highest BCUT2D eigenvalue weighted by Gasteiger charge is 2.41. The van der Waals surface area contributed by atoms with Crippen molar-refractivity contribution >= 4 is 5.91 Å². The molecule has 1 aromatic rings. The molecule has 1 N–H and O–H groups in total. The number of nitrogens with zero attached hydrogens (tertiary/aromatic N) is 3. The molecule has 1 unspecified atom stereocenters. The first-order valence-corrected chi connectivity index (χ1v) is 6.72. The van der Waals surface area contributed by atoms with Gasteiger partial charge in [0.25, 0.3) is 0 Å². The second kappa shape index (κ2) is 4.72. The Morgan fingerprint density at radius 1 is 1.44 bits per heavy atom. The minimum atomic E-state index is 0.285. The number of hydrogen-bond acceptors (Lipinski definition) is 3. The number of amides is 1. The largest absolute Gasteiger partial charge is 0.342 e. The highest BCUT2D eigenvalue weighted by molar-refractivity contribution is 5.76. The third kappa shape index (κ3) is 2.27. The fourth-order valence-corrected chi connectivity index (χ4v) is 3.09. The fraction of sp³-hybridized carbons (Fsp3) is 0.692. The van der Waals surface area contributed by atoms with E-state index in [0.717, 1.165) is 39.1 Å². The summed E-state index contributed by atoms with van der Waals surface area (Å²) >= 11 is 0. The van der Waals surface area contributed by atoms with Crippen LogP contribution in [-0.2, 0) is 11.3 Å². The lowest BCUT2D eigenvalue weighted by molar-refractivity contribution is -0.130. The summed E-state index contributed by atoms with van der Waals surface area (Å²) in [7, 11) is 0. The van der Waals surface area contributed by atoms with Gasteiger partial charge in [0, 0.05) is 50.4 Å². The van der Waals surface area contributed by atoms with Crippen LogP contribution in [0.2, 0.25) is 0 Å². The summed E-state index contributed by atoms with van der Waals surface area (Å²) in [4.78, 5) is 18.2. The summed E-state index contributed by atoms with van der Waals surface area (Å²) in [6, 6.07) is 0. The first-order valence-electron chi connectivity index (χ1n) is 6.72. The van der Waals surface area contributed by atoms with Gasteiger partial charge in [-0.2, -0.15) is 0 Å². The third-order valence-electron chi connectivity index (χ3n) is 4.27. The lowest BCUT2D eigenvalue weighted by Gasteiger charge is -2.22. The van der Waals surface area contributed by atoms with Gasteiger partial charge in [-0.05, 0) is 19.4 Å². The van der Waals surface area contributed by atoms with Crippen LogP contribution in [0.3, 0.4) is 0 Å². The van der Waals surface area contributed by atoms with Gasteiger partial charge in [-0.25, -0.2) is 4.98 Å². The van der Waals surface area contributed by atoms with E-state index >= 15 is 0 Å². The number of aromatic nitrogens is 2. The van der Waals surface area contributed by atoms with Crippen LogP contribution in [0, 0.1) is 5.41 Å². The lowest BCUT2D eigenvalue weighted by atomic mass is 9.87. The number of aryl methyl sites for hydroxylation is 1.